The molecule has 116 valence electrons. The molecule has 0 bridgehead atoms. The standard InChI is InChI=1S/C16H19N3O3/c1-12-17-7-10-19(12)9-4-8-18(2)15(20)13-5-3-6-14(11-13)16(21)22/h3,5-7,10-11H,4,8-9H2,1-2H3,(H,21,22). The van der Waals surface area contributed by atoms with Crippen LogP contribution in [-0.2, 0) is 6.54 Å². The Balaban J connectivity index is 1.93. The highest BCUT2D eigenvalue weighted by Crippen LogP contribution is 2.09. The van der Waals surface area contributed by atoms with Crippen molar-refractivity contribution in [1.29, 1.82) is 0 Å². The number of nitrogens with zero attached hydrogens (tertiary/aromatic N) is 3. The molecule has 0 aliphatic rings. The van der Waals surface area contributed by atoms with Crippen molar-refractivity contribution in [3.8, 4) is 0 Å². The molecule has 1 aromatic heterocycles. The zero-order valence-electron chi connectivity index (χ0n) is 12.7. The van der Waals surface area contributed by atoms with E-state index in [0.717, 1.165) is 18.8 Å². The van der Waals surface area contributed by atoms with Gasteiger partial charge >= 0.3 is 5.97 Å². The number of carbonyl (C=O) groups is 2. The van der Waals surface area contributed by atoms with E-state index in [2.05, 4.69) is 4.98 Å². The zero-order chi connectivity index (χ0) is 16.1. The van der Waals surface area contributed by atoms with Gasteiger partial charge < -0.3 is 14.6 Å². The second-order valence-corrected chi connectivity index (χ2v) is 5.13. The summed E-state index contributed by atoms with van der Waals surface area (Å²) in [6.45, 7) is 3.32. The van der Waals surface area contributed by atoms with Gasteiger partial charge in [0.25, 0.3) is 5.91 Å². The SMILES string of the molecule is Cc1nccn1CCCN(C)C(=O)c1cccc(C(=O)O)c1. The predicted molar refractivity (Wildman–Crippen MR) is 81.9 cm³/mol. The fourth-order valence-corrected chi connectivity index (χ4v) is 2.23. The van der Waals surface area contributed by atoms with Gasteiger partial charge in [-0.15, -0.1) is 0 Å². The minimum absolute atomic E-state index is 0.119. The number of carboxylic acid groups (broad SMARTS) is 1. The van der Waals surface area contributed by atoms with Gasteiger partial charge in [0.05, 0.1) is 5.56 Å². The Morgan fingerprint density at radius 2 is 2.05 bits per heavy atom. The van der Waals surface area contributed by atoms with Crippen LogP contribution in [0, 0.1) is 6.92 Å². The summed E-state index contributed by atoms with van der Waals surface area (Å²) in [5.74, 6) is -0.263. The molecular formula is C16H19N3O3. The van der Waals surface area contributed by atoms with Crippen molar-refractivity contribution in [1.82, 2.24) is 14.5 Å². The average molecular weight is 301 g/mol. The third-order valence-corrected chi connectivity index (χ3v) is 3.52. The summed E-state index contributed by atoms with van der Waals surface area (Å²) in [7, 11) is 1.72. The maximum atomic E-state index is 12.3. The molecule has 22 heavy (non-hydrogen) atoms. The number of benzene rings is 1. The minimum Gasteiger partial charge on any atom is -0.478 e. The summed E-state index contributed by atoms with van der Waals surface area (Å²) < 4.78 is 2.03. The Morgan fingerprint density at radius 3 is 2.68 bits per heavy atom. The van der Waals surface area contributed by atoms with Crippen molar-refractivity contribution in [2.24, 2.45) is 0 Å². The van der Waals surface area contributed by atoms with E-state index in [9.17, 15) is 9.59 Å². The molecular weight excluding hydrogens is 282 g/mol. The topological polar surface area (TPSA) is 75.4 Å². The normalized spacial score (nSPS) is 10.5. The minimum atomic E-state index is -1.03. The number of aryl methyl sites for hydroxylation is 2. The summed E-state index contributed by atoms with van der Waals surface area (Å²) in [6, 6.07) is 6.09. The predicted octanol–water partition coefficient (Wildman–Crippen LogP) is 2.05. The number of hydrogen-bond acceptors (Lipinski definition) is 3. The molecule has 1 N–H and O–H groups in total. The van der Waals surface area contributed by atoms with E-state index in [4.69, 9.17) is 5.11 Å². The first kappa shape index (κ1) is 15.8. The Hall–Kier alpha value is -2.63. The highest BCUT2D eigenvalue weighted by molar-refractivity contribution is 5.97. The molecule has 1 heterocycles. The lowest BCUT2D eigenvalue weighted by atomic mass is 10.1. The molecule has 6 nitrogen and oxygen atoms in total. The smallest absolute Gasteiger partial charge is 0.335 e. The van der Waals surface area contributed by atoms with Crippen LogP contribution in [0.3, 0.4) is 0 Å². The van der Waals surface area contributed by atoms with Crippen LogP contribution >= 0.6 is 0 Å². The van der Waals surface area contributed by atoms with E-state index >= 15 is 0 Å². The Kier molecular flexibility index (Phi) is 4.93. The van der Waals surface area contributed by atoms with Gasteiger partial charge in [-0.1, -0.05) is 6.07 Å². The molecule has 1 aromatic carbocycles. The number of carbonyl (C=O) groups excluding carboxylic acids is 1. The number of amides is 1. The van der Waals surface area contributed by atoms with Crippen LogP contribution in [0.5, 0.6) is 0 Å². The molecule has 0 aliphatic heterocycles. The molecule has 1 amide bonds. The molecule has 0 unspecified atom stereocenters. The Labute approximate surface area is 129 Å². The quantitative estimate of drug-likeness (QED) is 0.886. The number of hydrogen-bond donors (Lipinski definition) is 1. The van der Waals surface area contributed by atoms with Crippen LogP contribution in [-0.4, -0.2) is 45.0 Å². The van der Waals surface area contributed by atoms with Gasteiger partial charge in [0, 0.05) is 38.1 Å². The van der Waals surface area contributed by atoms with E-state index in [0.29, 0.717) is 12.1 Å². The lowest BCUT2D eigenvalue weighted by Gasteiger charge is -2.17. The molecule has 0 saturated heterocycles. The summed E-state index contributed by atoms with van der Waals surface area (Å²) in [5, 5.41) is 8.97. The van der Waals surface area contributed by atoms with E-state index < -0.39 is 5.97 Å². The molecule has 2 aromatic rings. The third-order valence-electron chi connectivity index (χ3n) is 3.52. The van der Waals surface area contributed by atoms with Crippen molar-refractivity contribution in [3.05, 3.63) is 53.6 Å². The van der Waals surface area contributed by atoms with Gasteiger partial charge in [-0.25, -0.2) is 9.78 Å². The second-order valence-electron chi connectivity index (χ2n) is 5.13. The van der Waals surface area contributed by atoms with Crippen LogP contribution in [0.4, 0.5) is 0 Å². The third kappa shape index (κ3) is 3.72. The van der Waals surface area contributed by atoms with E-state index in [1.807, 2.05) is 17.7 Å². The van der Waals surface area contributed by atoms with Crippen LogP contribution in [0.1, 0.15) is 33.0 Å². The van der Waals surface area contributed by atoms with Gasteiger partial charge in [-0.2, -0.15) is 0 Å². The average Bonchev–Trinajstić information content (AvgIpc) is 2.92. The molecule has 2 rings (SSSR count). The van der Waals surface area contributed by atoms with Crippen LogP contribution in [0.25, 0.3) is 0 Å². The number of rotatable bonds is 6. The fourth-order valence-electron chi connectivity index (χ4n) is 2.23. The first-order valence-corrected chi connectivity index (χ1v) is 7.05. The highest BCUT2D eigenvalue weighted by Gasteiger charge is 2.13. The summed E-state index contributed by atoms with van der Waals surface area (Å²) in [4.78, 5) is 29.0. The van der Waals surface area contributed by atoms with Crippen molar-refractivity contribution in [2.75, 3.05) is 13.6 Å². The summed E-state index contributed by atoms with van der Waals surface area (Å²) >= 11 is 0. The number of carboxylic acids is 1. The zero-order valence-corrected chi connectivity index (χ0v) is 12.7. The lowest BCUT2D eigenvalue weighted by molar-refractivity contribution is 0.0697. The first-order chi connectivity index (χ1) is 10.5. The van der Waals surface area contributed by atoms with E-state index in [1.165, 1.54) is 12.1 Å². The van der Waals surface area contributed by atoms with Gasteiger partial charge in [-0.3, -0.25) is 4.79 Å². The van der Waals surface area contributed by atoms with Crippen LogP contribution in [0.15, 0.2) is 36.7 Å². The van der Waals surface area contributed by atoms with Crippen LogP contribution in [0.2, 0.25) is 0 Å². The number of aromatic carboxylic acids is 1. The van der Waals surface area contributed by atoms with Crippen molar-refractivity contribution < 1.29 is 14.7 Å². The highest BCUT2D eigenvalue weighted by atomic mass is 16.4. The van der Waals surface area contributed by atoms with Crippen molar-refractivity contribution in [3.63, 3.8) is 0 Å². The first-order valence-electron chi connectivity index (χ1n) is 7.05. The number of aromatic nitrogens is 2. The lowest BCUT2D eigenvalue weighted by Crippen LogP contribution is -2.28. The molecule has 0 atom stereocenters. The van der Waals surface area contributed by atoms with Crippen LogP contribution < -0.4 is 0 Å². The van der Waals surface area contributed by atoms with E-state index in [1.54, 1.807) is 30.3 Å². The van der Waals surface area contributed by atoms with Gasteiger partial charge in [0.2, 0.25) is 0 Å². The molecule has 0 saturated carbocycles. The maximum Gasteiger partial charge on any atom is 0.335 e. The molecule has 0 aliphatic carbocycles. The van der Waals surface area contributed by atoms with E-state index in [-0.39, 0.29) is 11.5 Å². The number of imidazole rings is 1. The molecule has 6 heteroatoms. The summed E-state index contributed by atoms with van der Waals surface area (Å²) in [6.07, 6.45) is 4.47. The Bertz CT molecular complexity index is 679. The van der Waals surface area contributed by atoms with Gasteiger partial charge in [0.1, 0.15) is 5.82 Å². The van der Waals surface area contributed by atoms with Gasteiger partial charge in [0.15, 0.2) is 0 Å². The summed E-state index contributed by atoms with van der Waals surface area (Å²) in [5.41, 5.74) is 0.509. The van der Waals surface area contributed by atoms with Crippen molar-refractivity contribution in [2.45, 2.75) is 19.9 Å². The monoisotopic (exact) mass is 301 g/mol. The molecule has 0 spiro atoms. The fraction of sp³-hybridized carbons (Fsp3) is 0.312. The largest absolute Gasteiger partial charge is 0.478 e. The Morgan fingerprint density at radius 1 is 1.32 bits per heavy atom. The molecule has 0 radical (unpaired) electrons. The molecule has 0 fully saturated rings. The van der Waals surface area contributed by atoms with Gasteiger partial charge in [-0.05, 0) is 31.5 Å². The maximum absolute atomic E-state index is 12.3. The van der Waals surface area contributed by atoms with Crippen molar-refractivity contribution >= 4 is 11.9 Å². The second kappa shape index (κ2) is 6.89.